The minimum Gasteiger partial charge on any atom is -0.492 e. The van der Waals surface area contributed by atoms with Crippen LogP contribution in [0, 0.1) is 11.3 Å². The summed E-state index contributed by atoms with van der Waals surface area (Å²) in [5, 5.41) is 8.90. The average Bonchev–Trinajstić information content (AvgIpc) is 2.61. The molecule has 0 bridgehead atoms. The second-order valence-electron chi connectivity index (χ2n) is 4.68. The van der Waals surface area contributed by atoms with Gasteiger partial charge >= 0.3 is 0 Å². The number of hydrogen-bond donors (Lipinski definition) is 0. The van der Waals surface area contributed by atoms with E-state index < -0.39 is 0 Å². The molecular formula is C19H29NO4. The van der Waals surface area contributed by atoms with Gasteiger partial charge in [-0.15, -0.1) is 0 Å². The highest BCUT2D eigenvalue weighted by Gasteiger charge is 1.95. The summed E-state index contributed by atoms with van der Waals surface area (Å²) in [6, 6.07) is 2.07. The maximum Gasteiger partial charge on any atom is 0.115 e. The third-order valence-electron chi connectivity index (χ3n) is 2.73. The SMILES string of the molecule is C=C/C=C(C#N)/C=C\C(=C/C)OCCOCCOCCOCCC. The normalized spacial score (nSPS) is 12.4. The van der Waals surface area contributed by atoms with Gasteiger partial charge < -0.3 is 18.9 Å². The van der Waals surface area contributed by atoms with E-state index in [1.54, 1.807) is 24.3 Å². The fourth-order valence-electron chi connectivity index (χ4n) is 1.56. The molecule has 0 aromatic carbocycles. The van der Waals surface area contributed by atoms with E-state index in [0.29, 0.717) is 51.0 Å². The maximum absolute atomic E-state index is 8.90. The lowest BCUT2D eigenvalue weighted by molar-refractivity contribution is 0.00549. The average molecular weight is 335 g/mol. The van der Waals surface area contributed by atoms with Gasteiger partial charge in [-0.05, 0) is 37.6 Å². The van der Waals surface area contributed by atoms with Crippen LogP contribution in [-0.2, 0) is 18.9 Å². The summed E-state index contributed by atoms with van der Waals surface area (Å²) in [6.45, 7) is 11.5. The first kappa shape index (κ1) is 22.1. The Kier molecular flexibility index (Phi) is 16.1. The molecule has 0 fully saturated rings. The molecule has 0 aromatic heterocycles. The van der Waals surface area contributed by atoms with Crippen molar-refractivity contribution in [3.8, 4) is 6.07 Å². The zero-order chi connectivity index (χ0) is 17.9. The fraction of sp³-hybridized carbons (Fsp3) is 0.526. The summed E-state index contributed by atoms with van der Waals surface area (Å²) in [7, 11) is 0. The smallest absolute Gasteiger partial charge is 0.115 e. The van der Waals surface area contributed by atoms with Gasteiger partial charge in [0.2, 0.25) is 0 Å². The van der Waals surface area contributed by atoms with Crippen LogP contribution in [0.25, 0.3) is 0 Å². The molecule has 0 radical (unpaired) electrons. The van der Waals surface area contributed by atoms with Crippen LogP contribution in [0.1, 0.15) is 20.3 Å². The zero-order valence-corrected chi connectivity index (χ0v) is 14.8. The monoisotopic (exact) mass is 335 g/mol. The molecule has 0 heterocycles. The summed E-state index contributed by atoms with van der Waals surface area (Å²) >= 11 is 0. The first-order chi connectivity index (χ1) is 11.8. The molecular weight excluding hydrogens is 306 g/mol. The van der Waals surface area contributed by atoms with Crippen LogP contribution >= 0.6 is 0 Å². The fourth-order valence-corrected chi connectivity index (χ4v) is 1.56. The van der Waals surface area contributed by atoms with Crippen LogP contribution < -0.4 is 0 Å². The van der Waals surface area contributed by atoms with Crippen LogP contribution in [0.2, 0.25) is 0 Å². The van der Waals surface area contributed by atoms with Crippen molar-refractivity contribution in [3.63, 3.8) is 0 Å². The summed E-state index contributed by atoms with van der Waals surface area (Å²) in [5.41, 5.74) is 0.518. The Labute approximate surface area is 145 Å². The lowest BCUT2D eigenvalue weighted by Crippen LogP contribution is -2.11. The minimum atomic E-state index is 0.441. The number of rotatable bonds is 15. The Balaban J connectivity index is 3.68. The molecule has 0 aliphatic heterocycles. The third kappa shape index (κ3) is 13.8. The number of allylic oxidation sites excluding steroid dienone is 6. The highest BCUT2D eigenvalue weighted by molar-refractivity contribution is 5.37. The summed E-state index contributed by atoms with van der Waals surface area (Å²) in [4.78, 5) is 0. The molecule has 24 heavy (non-hydrogen) atoms. The second kappa shape index (κ2) is 17.5. The van der Waals surface area contributed by atoms with E-state index in [4.69, 9.17) is 24.2 Å². The summed E-state index contributed by atoms with van der Waals surface area (Å²) < 4.78 is 21.7. The Morgan fingerprint density at radius 3 is 2.04 bits per heavy atom. The molecule has 0 saturated carbocycles. The molecule has 134 valence electrons. The van der Waals surface area contributed by atoms with Crippen LogP contribution in [0.15, 0.2) is 48.3 Å². The topological polar surface area (TPSA) is 60.7 Å². The van der Waals surface area contributed by atoms with Gasteiger partial charge in [-0.2, -0.15) is 5.26 Å². The van der Waals surface area contributed by atoms with Gasteiger partial charge in [0.05, 0.1) is 44.7 Å². The number of hydrogen-bond acceptors (Lipinski definition) is 5. The van der Waals surface area contributed by atoms with Crippen LogP contribution in [0.5, 0.6) is 0 Å². The predicted molar refractivity (Wildman–Crippen MR) is 95.5 cm³/mol. The minimum absolute atomic E-state index is 0.441. The molecule has 0 unspecified atom stereocenters. The summed E-state index contributed by atoms with van der Waals surface area (Å²) in [5.74, 6) is 0.688. The lowest BCUT2D eigenvalue weighted by atomic mass is 10.2. The van der Waals surface area contributed by atoms with Gasteiger partial charge in [0, 0.05) is 6.61 Å². The van der Waals surface area contributed by atoms with Gasteiger partial charge in [-0.25, -0.2) is 0 Å². The molecule has 0 spiro atoms. The van der Waals surface area contributed by atoms with Crippen molar-refractivity contribution in [1.29, 1.82) is 5.26 Å². The Bertz CT molecular complexity index is 447. The third-order valence-corrected chi connectivity index (χ3v) is 2.73. The van der Waals surface area contributed by atoms with Crippen LogP contribution in [0.3, 0.4) is 0 Å². The van der Waals surface area contributed by atoms with E-state index in [9.17, 15) is 0 Å². The quantitative estimate of drug-likeness (QED) is 0.198. The van der Waals surface area contributed by atoms with Crippen molar-refractivity contribution in [2.75, 3.05) is 46.2 Å². The van der Waals surface area contributed by atoms with Gasteiger partial charge in [0.15, 0.2) is 0 Å². The Morgan fingerprint density at radius 2 is 1.54 bits per heavy atom. The van der Waals surface area contributed by atoms with Crippen molar-refractivity contribution in [1.82, 2.24) is 0 Å². The number of nitriles is 1. The first-order valence-electron chi connectivity index (χ1n) is 8.21. The second-order valence-corrected chi connectivity index (χ2v) is 4.68. The van der Waals surface area contributed by atoms with E-state index >= 15 is 0 Å². The largest absolute Gasteiger partial charge is 0.492 e. The van der Waals surface area contributed by atoms with Crippen LogP contribution in [0.4, 0.5) is 0 Å². The van der Waals surface area contributed by atoms with Gasteiger partial charge in [-0.1, -0.05) is 19.6 Å². The molecule has 0 amide bonds. The molecule has 0 aliphatic rings. The van der Waals surface area contributed by atoms with Crippen molar-refractivity contribution < 1.29 is 18.9 Å². The highest BCUT2D eigenvalue weighted by Crippen LogP contribution is 2.03. The van der Waals surface area contributed by atoms with E-state index in [1.165, 1.54) is 0 Å². The van der Waals surface area contributed by atoms with Gasteiger partial charge in [0.1, 0.15) is 12.4 Å². The maximum atomic E-state index is 8.90. The van der Waals surface area contributed by atoms with Gasteiger partial charge in [0.25, 0.3) is 0 Å². The molecule has 0 aromatic rings. The summed E-state index contributed by atoms with van der Waals surface area (Å²) in [6.07, 6.45) is 9.50. The molecule has 0 rings (SSSR count). The van der Waals surface area contributed by atoms with Crippen molar-refractivity contribution in [2.45, 2.75) is 20.3 Å². The predicted octanol–water partition coefficient (Wildman–Crippen LogP) is 3.56. The van der Waals surface area contributed by atoms with Gasteiger partial charge in [-0.3, -0.25) is 0 Å². The standard InChI is InChI=1S/C19H29NO4/c1-4-7-18(17-20)8-9-19(6-3)24-16-15-23-14-13-22-12-11-21-10-5-2/h4,6-9H,1,5,10-16H2,2-3H3/b9-8-,18-7-,19-6+. The van der Waals surface area contributed by atoms with E-state index in [-0.39, 0.29) is 0 Å². The number of ether oxygens (including phenoxy) is 4. The molecule has 5 nitrogen and oxygen atoms in total. The van der Waals surface area contributed by atoms with E-state index in [2.05, 4.69) is 19.6 Å². The van der Waals surface area contributed by atoms with Crippen molar-refractivity contribution in [2.24, 2.45) is 0 Å². The Morgan fingerprint density at radius 1 is 0.958 bits per heavy atom. The zero-order valence-electron chi connectivity index (χ0n) is 14.8. The molecule has 0 aliphatic carbocycles. The molecule has 5 heteroatoms. The highest BCUT2D eigenvalue weighted by atomic mass is 16.6. The Hall–Kier alpha value is -1.87. The number of nitrogens with zero attached hydrogens (tertiary/aromatic N) is 1. The molecule has 0 N–H and O–H groups in total. The van der Waals surface area contributed by atoms with Crippen LogP contribution in [-0.4, -0.2) is 46.2 Å². The first-order valence-corrected chi connectivity index (χ1v) is 8.21. The van der Waals surface area contributed by atoms with E-state index in [0.717, 1.165) is 13.0 Å². The van der Waals surface area contributed by atoms with Crippen molar-refractivity contribution in [3.05, 3.63) is 48.3 Å². The van der Waals surface area contributed by atoms with Crippen molar-refractivity contribution >= 4 is 0 Å². The van der Waals surface area contributed by atoms with E-state index in [1.807, 2.05) is 13.0 Å². The lowest BCUT2D eigenvalue weighted by Gasteiger charge is -2.08. The molecule has 0 atom stereocenters. The molecule has 0 saturated heterocycles.